The molecule has 7 nitrogen and oxygen atoms in total. The SMILES string of the molecule is Cn1cc(/C=C/C(=O)NCc2ccc(OCC(F)(F)F)cc2)c(=O)n(C)c1=O. The fourth-order valence-electron chi connectivity index (χ4n) is 2.23. The molecule has 1 aromatic carbocycles. The molecule has 10 heteroatoms. The van der Waals surface area contributed by atoms with Gasteiger partial charge in [-0.2, -0.15) is 13.2 Å². The molecular weight excluding hydrogens is 379 g/mol. The summed E-state index contributed by atoms with van der Waals surface area (Å²) in [7, 11) is 2.82. The van der Waals surface area contributed by atoms with Crippen molar-refractivity contribution in [1.82, 2.24) is 14.5 Å². The molecule has 0 aliphatic carbocycles. The van der Waals surface area contributed by atoms with Gasteiger partial charge in [-0.1, -0.05) is 12.1 Å². The van der Waals surface area contributed by atoms with Gasteiger partial charge >= 0.3 is 11.9 Å². The van der Waals surface area contributed by atoms with Crippen LogP contribution in [0.5, 0.6) is 5.75 Å². The van der Waals surface area contributed by atoms with E-state index < -0.39 is 29.9 Å². The standard InChI is InChI=1S/C18H18F3N3O4/c1-23-10-13(16(26)24(2)17(23)27)5-8-15(25)22-9-12-3-6-14(7-4-12)28-11-18(19,20)21/h3-8,10H,9,11H2,1-2H3,(H,22,25)/b8-5+. The number of aryl methyl sites for hydroxylation is 1. The van der Waals surface area contributed by atoms with Gasteiger partial charge < -0.3 is 14.6 Å². The fourth-order valence-corrected chi connectivity index (χ4v) is 2.23. The van der Waals surface area contributed by atoms with Crippen LogP contribution in [0.3, 0.4) is 0 Å². The van der Waals surface area contributed by atoms with Gasteiger partial charge in [0.15, 0.2) is 6.61 Å². The molecule has 2 aromatic rings. The number of carbonyl (C=O) groups excluding carboxylic acids is 1. The molecule has 28 heavy (non-hydrogen) atoms. The van der Waals surface area contributed by atoms with Gasteiger partial charge in [0.2, 0.25) is 5.91 Å². The van der Waals surface area contributed by atoms with E-state index in [4.69, 9.17) is 0 Å². The number of aromatic nitrogens is 2. The molecule has 2 rings (SSSR count). The first-order valence-electron chi connectivity index (χ1n) is 8.08. The van der Waals surface area contributed by atoms with E-state index in [-0.39, 0.29) is 17.9 Å². The Morgan fingerprint density at radius 2 is 1.82 bits per heavy atom. The minimum absolute atomic E-state index is 0.0674. The molecule has 1 aromatic heterocycles. The molecule has 0 aliphatic heterocycles. The summed E-state index contributed by atoms with van der Waals surface area (Å²) in [6.07, 6.45) is -0.633. The zero-order valence-electron chi connectivity index (χ0n) is 15.1. The highest BCUT2D eigenvalue weighted by Gasteiger charge is 2.28. The number of halogens is 3. The summed E-state index contributed by atoms with van der Waals surface area (Å²) in [5, 5.41) is 2.58. The lowest BCUT2D eigenvalue weighted by atomic mass is 10.2. The highest BCUT2D eigenvalue weighted by molar-refractivity contribution is 5.91. The lowest BCUT2D eigenvalue weighted by Crippen LogP contribution is -2.37. The number of amides is 1. The van der Waals surface area contributed by atoms with Crippen molar-refractivity contribution in [3.05, 3.63) is 68.5 Å². The van der Waals surface area contributed by atoms with Crippen molar-refractivity contribution < 1.29 is 22.7 Å². The number of alkyl halides is 3. The van der Waals surface area contributed by atoms with Gasteiger partial charge in [-0.3, -0.25) is 14.2 Å². The molecule has 0 aliphatic rings. The average molecular weight is 397 g/mol. The van der Waals surface area contributed by atoms with Gasteiger partial charge in [-0.15, -0.1) is 0 Å². The Hall–Kier alpha value is -3.30. The summed E-state index contributed by atoms with van der Waals surface area (Å²) in [6.45, 7) is -1.24. The Bertz CT molecular complexity index is 989. The summed E-state index contributed by atoms with van der Waals surface area (Å²) in [5.41, 5.74) is -0.180. The van der Waals surface area contributed by atoms with Crippen molar-refractivity contribution in [2.45, 2.75) is 12.7 Å². The first-order chi connectivity index (χ1) is 13.1. The van der Waals surface area contributed by atoms with Crippen LogP contribution in [0, 0.1) is 0 Å². The molecule has 0 bridgehead atoms. The predicted molar refractivity (Wildman–Crippen MR) is 95.8 cm³/mol. The minimum atomic E-state index is -4.41. The van der Waals surface area contributed by atoms with Crippen LogP contribution in [-0.4, -0.2) is 27.8 Å². The molecule has 1 amide bonds. The van der Waals surface area contributed by atoms with Crippen molar-refractivity contribution >= 4 is 12.0 Å². The highest BCUT2D eigenvalue weighted by Crippen LogP contribution is 2.18. The van der Waals surface area contributed by atoms with E-state index in [9.17, 15) is 27.6 Å². The topological polar surface area (TPSA) is 82.3 Å². The van der Waals surface area contributed by atoms with Gasteiger partial charge in [0, 0.05) is 32.9 Å². The highest BCUT2D eigenvalue weighted by atomic mass is 19.4. The van der Waals surface area contributed by atoms with Crippen LogP contribution in [0.15, 0.2) is 46.1 Å². The number of carbonyl (C=O) groups is 1. The average Bonchev–Trinajstić information content (AvgIpc) is 2.65. The second-order valence-electron chi connectivity index (χ2n) is 5.94. The summed E-state index contributed by atoms with van der Waals surface area (Å²) < 4.78 is 43.0. The number of benzene rings is 1. The first-order valence-corrected chi connectivity index (χ1v) is 8.08. The van der Waals surface area contributed by atoms with E-state index in [1.54, 1.807) is 0 Å². The molecule has 1 heterocycles. The molecule has 0 saturated heterocycles. The van der Waals surface area contributed by atoms with E-state index in [1.807, 2.05) is 0 Å². The molecule has 0 unspecified atom stereocenters. The van der Waals surface area contributed by atoms with E-state index in [0.29, 0.717) is 5.56 Å². The Morgan fingerprint density at radius 1 is 1.18 bits per heavy atom. The van der Waals surface area contributed by atoms with Crippen molar-refractivity contribution in [2.75, 3.05) is 6.61 Å². The van der Waals surface area contributed by atoms with Crippen LogP contribution in [-0.2, 0) is 25.4 Å². The van der Waals surface area contributed by atoms with Crippen LogP contribution >= 0.6 is 0 Å². The predicted octanol–water partition coefficient (Wildman–Crippen LogP) is 1.35. The third-order valence-electron chi connectivity index (χ3n) is 3.68. The van der Waals surface area contributed by atoms with Gasteiger partial charge in [-0.05, 0) is 23.8 Å². The Balaban J connectivity index is 1.93. The second kappa shape index (κ2) is 8.59. The van der Waals surface area contributed by atoms with Crippen molar-refractivity contribution in [2.24, 2.45) is 14.1 Å². The number of hydrogen-bond acceptors (Lipinski definition) is 4. The monoisotopic (exact) mass is 397 g/mol. The van der Waals surface area contributed by atoms with Crippen LogP contribution in [0.2, 0.25) is 0 Å². The first kappa shape index (κ1) is 21.0. The molecule has 0 fully saturated rings. The fraction of sp³-hybridized carbons (Fsp3) is 0.278. The Morgan fingerprint density at radius 3 is 2.43 bits per heavy atom. The number of ether oxygens (including phenoxy) is 1. The van der Waals surface area contributed by atoms with Crippen LogP contribution in [0.25, 0.3) is 6.08 Å². The third kappa shape index (κ3) is 5.86. The summed E-state index contributed by atoms with van der Waals surface area (Å²) >= 11 is 0. The molecule has 1 N–H and O–H groups in total. The van der Waals surface area contributed by atoms with Crippen LogP contribution < -0.4 is 21.3 Å². The van der Waals surface area contributed by atoms with Gasteiger partial charge in [0.1, 0.15) is 5.75 Å². The van der Waals surface area contributed by atoms with Gasteiger partial charge in [0.25, 0.3) is 5.56 Å². The normalized spacial score (nSPS) is 11.6. The zero-order chi connectivity index (χ0) is 20.9. The smallest absolute Gasteiger partial charge is 0.422 e. The number of nitrogens with one attached hydrogen (secondary N) is 1. The van der Waals surface area contributed by atoms with E-state index in [1.165, 1.54) is 55.2 Å². The van der Waals surface area contributed by atoms with Gasteiger partial charge in [-0.25, -0.2) is 4.79 Å². The molecular formula is C18H18F3N3O4. The lowest BCUT2D eigenvalue weighted by Gasteiger charge is -2.09. The van der Waals surface area contributed by atoms with Crippen LogP contribution in [0.4, 0.5) is 13.2 Å². The molecule has 150 valence electrons. The Labute approximate surface area is 157 Å². The summed E-state index contributed by atoms with van der Waals surface area (Å²) in [4.78, 5) is 35.5. The number of nitrogens with zero attached hydrogens (tertiary/aromatic N) is 2. The van der Waals surface area contributed by atoms with Crippen molar-refractivity contribution in [1.29, 1.82) is 0 Å². The van der Waals surface area contributed by atoms with Crippen LogP contribution in [0.1, 0.15) is 11.1 Å². The molecule has 0 saturated carbocycles. The summed E-state index contributed by atoms with van der Waals surface area (Å²) in [5.74, 6) is -0.411. The van der Waals surface area contributed by atoms with Crippen molar-refractivity contribution in [3.8, 4) is 5.75 Å². The number of rotatable bonds is 6. The van der Waals surface area contributed by atoms with E-state index >= 15 is 0 Å². The third-order valence-corrected chi connectivity index (χ3v) is 3.68. The maximum absolute atomic E-state index is 12.1. The number of hydrogen-bond donors (Lipinski definition) is 1. The largest absolute Gasteiger partial charge is 0.484 e. The quantitative estimate of drug-likeness (QED) is 0.747. The second-order valence-corrected chi connectivity index (χ2v) is 5.94. The lowest BCUT2D eigenvalue weighted by molar-refractivity contribution is -0.153. The minimum Gasteiger partial charge on any atom is -0.484 e. The zero-order valence-corrected chi connectivity index (χ0v) is 15.1. The van der Waals surface area contributed by atoms with Gasteiger partial charge in [0.05, 0.1) is 5.56 Å². The van der Waals surface area contributed by atoms with Crippen molar-refractivity contribution in [3.63, 3.8) is 0 Å². The molecule has 0 spiro atoms. The summed E-state index contributed by atoms with van der Waals surface area (Å²) in [6, 6.07) is 5.80. The van der Waals surface area contributed by atoms with E-state index in [2.05, 4.69) is 10.1 Å². The Kier molecular flexibility index (Phi) is 6.45. The maximum Gasteiger partial charge on any atom is 0.422 e. The molecule has 0 radical (unpaired) electrons. The maximum atomic E-state index is 12.1. The van der Waals surface area contributed by atoms with E-state index in [0.717, 1.165) is 10.6 Å². The molecule has 0 atom stereocenters.